The van der Waals surface area contributed by atoms with Crippen LogP contribution in [0.5, 0.6) is 5.75 Å². The van der Waals surface area contributed by atoms with Crippen LogP contribution in [0.25, 0.3) is 66.8 Å². The molecule has 4 aromatic carbocycles. The van der Waals surface area contributed by atoms with Crippen LogP contribution in [-0.4, -0.2) is 29.6 Å². The number of benzene rings is 4. The second-order valence-corrected chi connectivity index (χ2v) is 14.5. The Balaban J connectivity index is 0.00000448. The van der Waals surface area contributed by atoms with E-state index in [-0.39, 0.29) is 37.8 Å². The van der Waals surface area contributed by atoms with E-state index in [1.54, 1.807) is 30.9 Å². The maximum atomic E-state index is 13.3. The van der Waals surface area contributed by atoms with E-state index in [0.717, 1.165) is 34.3 Å². The van der Waals surface area contributed by atoms with Crippen LogP contribution in [0.3, 0.4) is 0 Å². The fraction of sp³-hybridized carbons (Fsp3) is 0.220. The molecule has 0 unspecified atom stereocenters. The third kappa shape index (κ3) is 6.79. The Morgan fingerprint density at radius 1 is 0.686 bits per heavy atom. The summed E-state index contributed by atoms with van der Waals surface area (Å²) >= 11 is 0. The average molecular weight is 866 g/mol. The van der Waals surface area contributed by atoms with E-state index in [4.69, 9.17) is 4.98 Å². The first-order valence-electron chi connectivity index (χ1n) is 16.3. The molecule has 0 aliphatic rings. The smallest absolute Gasteiger partial charge is 0.416 e. The molecule has 3 aromatic heterocycles. The van der Waals surface area contributed by atoms with Gasteiger partial charge in [-0.05, 0) is 91.7 Å². The number of hydrogen-bond acceptors (Lipinski definition) is 5. The molecule has 0 spiro atoms. The number of phenols is 1. The molecule has 51 heavy (non-hydrogen) atoms. The van der Waals surface area contributed by atoms with Crippen molar-refractivity contribution in [2.24, 2.45) is 0 Å². The molecule has 262 valence electrons. The summed E-state index contributed by atoms with van der Waals surface area (Å²) in [4.78, 5) is 18.9. The molecule has 0 amide bonds. The van der Waals surface area contributed by atoms with E-state index in [1.807, 2.05) is 42.5 Å². The summed E-state index contributed by atoms with van der Waals surface area (Å²) in [6, 6.07) is 24.0. The molecule has 1 N–H and O–H groups in total. The van der Waals surface area contributed by atoms with Gasteiger partial charge in [-0.15, -0.1) is 6.07 Å². The molecule has 0 bridgehead atoms. The molecule has 0 atom stereocenters. The van der Waals surface area contributed by atoms with Crippen LogP contribution in [0.2, 0.25) is 0 Å². The fourth-order valence-corrected chi connectivity index (χ4v) is 6.33. The van der Waals surface area contributed by atoms with Gasteiger partial charge in [-0.3, -0.25) is 9.97 Å². The van der Waals surface area contributed by atoms with Crippen LogP contribution in [0.4, 0.5) is 13.2 Å². The van der Waals surface area contributed by atoms with Gasteiger partial charge in [0.2, 0.25) is 0 Å². The largest absolute Gasteiger partial charge is 0.507 e. The predicted octanol–water partition coefficient (Wildman–Crippen LogP) is 10.6. The summed E-state index contributed by atoms with van der Waals surface area (Å²) in [5.74, 6) is 0.801. The van der Waals surface area contributed by atoms with Gasteiger partial charge >= 0.3 is 6.18 Å². The number of imidazole rings is 1. The van der Waals surface area contributed by atoms with Crippen molar-refractivity contribution in [1.82, 2.24) is 24.5 Å². The Bertz CT molecular complexity index is 2410. The van der Waals surface area contributed by atoms with Crippen LogP contribution in [-0.2, 0) is 38.2 Å². The molecule has 0 aliphatic heterocycles. The molecular formula is C41H35F3N5OPt-. The van der Waals surface area contributed by atoms with Crippen molar-refractivity contribution in [1.29, 1.82) is 0 Å². The van der Waals surface area contributed by atoms with Gasteiger partial charge in [-0.1, -0.05) is 79.4 Å². The normalized spacial score (nSPS) is 12.3. The number of rotatable bonds is 4. The van der Waals surface area contributed by atoms with E-state index < -0.39 is 11.7 Å². The Kier molecular flexibility index (Phi) is 9.17. The maximum Gasteiger partial charge on any atom is 0.416 e. The quantitative estimate of drug-likeness (QED) is 0.178. The number of hydrogen-bond donors (Lipinski definition) is 1. The zero-order valence-electron chi connectivity index (χ0n) is 28.9. The van der Waals surface area contributed by atoms with Gasteiger partial charge in [0.05, 0.1) is 33.2 Å². The minimum atomic E-state index is -4.43. The first-order chi connectivity index (χ1) is 23.6. The monoisotopic (exact) mass is 865 g/mol. The van der Waals surface area contributed by atoms with Crippen molar-refractivity contribution < 1.29 is 39.3 Å². The van der Waals surface area contributed by atoms with Gasteiger partial charge in [0, 0.05) is 39.0 Å². The van der Waals surface area contributed by atoms with Crippen molar-refractivity contribution in [2.75, 3.05) is 0 Å². The summed E-state index contributed by atoms with van der Waals surface area (Å²) in [6.07, 6.45) is 2.19. The van der Waals surface area contributed by atoms with Crippen molar-refractivity contribution in [3.8, 4) is 50.5 Å². The standard InChI is InChI=1S/C41H35F3N5O.Pt/c1-39(2,3)29-14-15-35(50)32(21-29)38-48-37-30(8-7-9-34(37)49(38)40(4,5)6)26-18-27(23-45-22-26)31-19-25(20-33-36(31)47-17-16-46-33)24-10-12-28(13-11-24)41(42,43)44;/h7-17,19-23,50H,1-6H3;/q-1;. The molecule has 0 saturated carbocycles. The van der Waals surface area contributed by atoms with Crippen molar-refractivity contribution >= 4 is 22.1 Å². The number of aromatic nitrogens is 5. The van der Waals surface area contributed by atoms with Gasteiger partial charge in [0.15, 0.2) is 0 Å². The number of aromatic hydroxyl groups is 1. The average Bonchev–Trinajstić information content (AvgIpc) is 3.48. The Morgan fingerprint density at radius 2 is 1.35 bits per heavy atom. The van der Waals surface area contributed by atoms with Gasteiger partial charge in [0.25, 0.3) is 0 Å². The second kappa shape index (κ2) is 13.0. The minimum Gasteiger partial charge on any atom is -0.507 e. The van der Waals surface area contributed by atoms with Crippen molar-refractivity contribution in [3.05, 3.63) is 115 Å². The molecular weight excluding hydrogens is 831 g/mol. The summed E-state index contributed by atoms with van der Waals surface area (Å²) in [6.45, 7) is 12.7. The number of halogens is 3. The number of fused-ring (bicyclic) bond motifs is 2. The molecule has 7 aromatic rings. The number of para-hydroxylation sites is 1. The van der Waals surface area contributed by atoms with Gasteiger partial charge in [0.1, 0.15) is 11.6 Å². The Hall–Kier alpha value is -4.88. The van der Waals surface area contributed by atoms with Crippen LogP contribution < -0.4 is 0 Å². The molecule has 10 heteroatoms. The molecule has 0 aliphatic carbocycles. The predicted molar refractivity (Wildman–Crippen MR) is 192 cm³/mol. The SMILES string of the molecule is CC(C)(C)c1ccc(O)c(-c2nc3c(-c4[c-]c(-c5cc(-c6ccc(C(F)(F)F)cc6)cc6nccnc56)cnc4)cccc3n2C(C)(C)C)c1.[Pt]. The van der Waals surface area contributed by atoms with E-state index in [9.17, 15) is 18.3 Å². The van der Waals surface area contributed by atoms with Gasteiger partial charge in [-0.2, -0.15) is 13.2 Å². The summed E-state index contributed by atoms with van der Waals surface area (Å²) in [5, 5.41) is 11.1. The van der Waals surface area contributed by atoms with Crippen LogP contribution in [0.1, 0.15) is 52.7 Å². The second-order valence-electron chi connectivity index (χ2n) is 14.5. The van der Waals surface area contributed by atoms with Crippen LogP contribution in [0, 0.1) is 6.07 Å². The fourth-order valence-electron chi connectivity index (χ4n) is 6.33. The summed E-state index contributed by atoms with van der Waals surface area (Å²) in [5.41, 5.74) is 7.47. The molecule has 6 nitrogen and oxygen atoms in total. The van der Waals surface area contributed by atoms with E-state index in [1.165, 1.54) is 12.1 Å². The number of phenolic OH excluding ortho intramolecular Hbond substituents is 1. The van der Waals surface area contributed by atoms with E-state index in [2.05, 4.69) is 67.1 Å². The summed E-state index contributed by atoms with van der Waals surface area (Å²) < 4.78 is 42.0. The first-order valence-corrected chi connectivity index (χ1v) is 16.3. The van der Waals surface area contributed by atoms with Crippen LogP contribution >= 0.6 is 0 Å². The molecule has 7 rings (SSSR count). The Morgan fingerprint density at radius 3 is 2.02 bits per heavy atom. The maximum absolute atomic E-state index is 13.3. The molecule has 0 radical (unpaired) electrons. The molecule has 0 fully saturated rings. The van der Waals surface area contributed by atoms with Gasteiger partial charge in [-0.25, -0.2) is 4.98 Å². The zero-order valence-corrected chi connectivity index (χ0v) is 31.1. The number of alkyl halides is 3. The molecule has 3 heterocycles. The minimum absolute atomic E-state index is 0. The Labute approximate surface area is 308 Å². The van der Waals surface area contributed by atoms with Crippen molar-refractivity contribution in [2.45, 2.75) is 58.7 Å². The van der Waals surface area contributed by atoms with Crippen molar-refractivity contribution in [3.63, 3.8) is 0 Å². The van der Waals surface area contributed by atoms with E-state index >= 15 is 0 Å². The number of nitrogens with zero attached hydrogens (tertiary/aromatic N) is 5. The first kappa shape index (κ1) is 35.9. The van der Waals surface area contributed by atoms with Gasteiger partial charge < -0.3 is 14.7 Å². The third-order valence-electron chi connectivity index (χ3n) is 8.84. The van der Waals surface area contributed by atoms with Crippen LogP contribution in [0.15, 0.2) is 97.6 Å². The number of pyridine rings is 1. The zero-order chi connectivity index (χ0) is 35.6. The van der Waals surface area contributed by atoms with E-state index in [0.29, 0.717) is 50.2 Å². The third-order valence-corrected chi connectivity index (χ3v) is 8.84. The topological polar surface area (TPSA) is 76.7 Å². The molecule has 0 saturated heterocycles. The summed E-state index contributed by atoms with van der Waals surface area (Å²) in [7, 11) is 0.